The number of anilines is 2. The molecule has 0 saturated carbocycles. The summed E-state index contributed by atoms with van der Waals surface area (Å²) in [5.74, 6) is 0.0964. The summed E-state index contributed by atoms with van der Waals surface area (Å²) in [7, 11) is 1.73. The lowest BCUT2D eigenvalue weighted by molar-refractivity contribution is 0.0993. The molecular weight excluding hydrogens is 330 g/mol. The summed E-state index contributed by atoms with van der Waals surface area (Å²) in [5.41, 5.74) is 2.34. The number of para-hydroxylation sites is 1. The number of carbonyl (C=O) groups excluding carboxylic acids is 1. The molecule has 0 fully saturated rings. The van der Waals surface area contributed by atoms with Crippen molar-refractivity contribution in [1.29, 1.82) is 5.26 Å². The van der Waals surface area contributed by atoms with Crippen LogP contribution in [0, 0.1) is 11.3 Å². The van der Waals surface area contributed by atoms with Crippen LogP contribution in [0.4, 0.5) is 11.4 Å². The van der Waals surface area contributed by atoms with E-state index < -0.39 is 0 Å². The summed E-state index contributed by atoms with van der Waals surface area (Å²) in [6.07, 6.45) is 1.48. The van der Waals surface area contributed by atoms with E-state index in [4.69, 9.17) is 5.26 Å². The number of hydrogen-bond donors (Lipinski definition) is 2. The van der Waals surface area contributed by atoms with E-state index in [1.54, 1.807) is 36.2 Å². The molecule has 0 aliphatic heterocycles. The monoisotopic (exact) mass is 345 g/mol. The Kier molecular flexibility index (Phi) is 5.00. The van der Waals surface area contributed by atoms with Gasteiger partial charge in [0.1, 0.15) is 11.6 Å². The average Bonchev–Trinajstić information content (AvgIpc) is 3.23. The van der Waals surface area contributed by atoms with Crippen molar-refractivity contribution < 1.29 is 4.79 Å². The molecule has 26 heavy (non-hydrogen) atoms. The van der Waals surface area contributed by atoms with Gasteiger partial charge in [-0.25, -0.2) is 0 Å². The lowest BCUT2D eigenvalue weighted by Crippen LogP contribution is -2.26. The number of tetrazole rings is 1. The van der Waals surface area contributed by atoms with E-state index >= 15 is 0 Å². The zero-order valence-corrected chi connectivity index (χ0v) is 13.9. The third kappa shape index (κ3) is 3.73. The zero-order valence-electron chi connectivity index (χ0n) is 13.9. The number of amides is 1. The molecule has 1 aromatic heterocycles. The second-order valence-electron chi connectivity index (χ2n) is 5.33. The Morgan fingerprint density at radius 2 is 1.92 bits per heavy atom. The quantitative estimate of drug-likeness (QED) is 0.687. The number of benzene rings is 2. The van der Waals surface area contributed by atoms with E-state index in [2.05, 4.69) is 25.9 Å². The normalized spacial score (nSPS) is 10.8. The Balaban J connectivity index is 1.70. The van der Waals surface area contributed by atoms with Crippen LogP contribution in [0.15, 0.2) is 60.8 Å². The number of nitriles is 1. The van der Waals surface area contributed by atoms with Crippen LogP contribution in [0.5, 0.6) is 0 Å². The first kappa shape index (κ1) is 16.9. The Labute approximate surface area is 149 Å². The van der Waals surface area contributed by atoms with E-state index in [9.17, 15) is 4.79 Å². The molecule has 0 saturated heterocycles. The minimum Gasteiger partial charge on any atom is -0.360 e. The first-order valence-electron chi connectivity index (χ1n) is 7.73. The lowest BCUT2D eigenvalue weighted by atomic mass is 10.1. The molecule has 3 rings (SSSR count). The maximum Gasteiger partial charge on any atom is 0.258 e. The molecular formula is C18H15N7O. The fraction of sp³-hybridized carbons (Fsp3) is 0.0556. The molecule has 0 aliphatic rings. The molecule has 1 heterocycles. The van der Waals surface area contributed by atoms with Crippen molar-refractivity contribution in [2.24, 2.45) is 0 Å². The number of nitrogens with zero attached hydrogens (tertiary/aromatic N) is 5. The van der Waals surface area contributed by atoms with Crippen molar-refractivity contribution >= 4 is 22.9 Å². The number of H-pyrrole nitrogens is 1. The molecule has 0 atom stereocenters. The van der Waals surface area contributed by atoms with Crippen LogP contribution in [0.25, 0.3) is 5.57 Å². The van der Waals surface area contributed by atoms with E-state index in [0.717, 1.165) is 11.4 Å². The molecule has 0 unspecified atom stereocenters. The maximum atomic E-state index is 12.5. The van der Waals surface area contributed by atoms with Crippen molar-refractivity contribution in [2.45, 2.75) is 0 Å². The number of carbonyl (C=O) groups is 1. The molecule has 1 amide bonds. The Bertz CT molecular complexity index is 941. The van der Waals surface area contributed by atoms with Gasteiger partial charge in [-0.1, -0.05) is 18.2 Å². The van der Waals surface area contributed by atoms with Crippen LogP contribution in [0.1, 0.15) is 16.2 Å². The highest BCUT2D eigenvalue weighted by Gasteiger charge is 2.13. The van der Waals surface area contributed by atoms with Crippen molar-refractivity contribution in [3.05, 3.63) is 72.2 Å². The van der Waals surface area contributed by atoms with Crippen molar-refractivity contribution in [2.75, 3.05) is 17.3 Å². The second-order valence-corrected chi connectivity index (χ2v) is 5.33. The SMILES string of the molecule is CN(C(=O)c1ccc(NC=C(C#N)c2nn[nH]n2)cc1)c1ccccc1. The van der Waals surface area contributed by atoms with Crippen molar-refractivity contribution in [3.63, 3.8) is 0 Å². The summed E-state index contributed by atoms with van der Waals surface area (Å²) in [4.78, 5) is 14.1. The topological polar surface area (TPSA) is 111 Å². The van der Waals surface area contributed by atoms with Gasteiger partial charge in [-0.3, -0.25) is 4.79 Å². The Hall–Kier alpha value is -3.99. The molecule has 2 N–H and O–H groups in total. The Morgan fingerprint density at radius 3 is 2.54 bits per heavy atom. The minimum absolute atomic E-state index is 0.109. The Morgan fingerprint density at radius 1 is 1.19 bits per heavy atom. The van der Waals surface area contributed by atoms with Crippen LogP contribution in [0.2, 0.25) is 0 Å². The van der Waals surface area contributed by atoms with Gasteiger partial charge in [0.15, 0.2) is 0 Å². The third-order valence-electron chi connectivity index (χ3n) is 3.67. The number of allylic oxidation sites excluding steroid dienone is 1. The smallest absolute Gasteiger partial charge is 0.258 e. The number of aromatic nitrogens is 4. The van der Waals surface area contributed by atoms with Crippen LogP contribution >= 0.6 is 0 Å². The number of rotatable bonds is 5. The highest BCUT2D eigenvalue weighted by molar-refractivity contribution is 6.05. The standard InChI is InChI=1S/C18H15N7O/c1-25(16-5-3-2-4-6-16)18(26)13-7-9-15(10-8-13)20-12-14(11-19)17-21-23-24-22-17/h2-10,12,20H,1H3,(H,21,22,23,24). The largest absolute Gasteiger partial charge is 0.360 e. The molecule has 128 valence electrons. The summed E-state index contributed by atoms with van der Waals surface area (Å²) in [6, 6.07) is 18.4. The molecule has 0 aliphatic carbocycles. The third-order valence-corrected chi connectivity index (χ3v) is 3.67. The summed E-state index contributed by atoms with van der Waals surface area (Å²) < 4.78 is 0. The van der Waals surface area contributed by atoms with Gasteiger partial charge in [0.2, 0.25) is 5.82 Å². The summed E-state index contributed by atoms with van der Waals surface area (Å²) >= 11 is 0. The maximum absolute atomic E-state index is 12.5. The average molecular weight is 345 g/mol. The zero-order chi connectivity index (χ0) is 18.4. The number of nitrogens with one attached hydrogen (secondary N) is 2. The molecule has 2 aromatic carbocycles. The van der Waals surface area contributed by atoms with Crippen LogP contribution in [-0.2, 0) is 0 Å². The van der Waals surface area contributed by atoms with Gasteiger partial charge in [-0.2, -0.15) is 10.5 Å². The van der Waals surface area contributed by atoms with Gasteiger partial charge in [-0.05, 0) is 41.6 Å². The fourth-order valence-electron chi connectivity index (χ4n) is 2.25. The van der Waals surface area contributed by atoms with Crippen LogP contribution in [0.3, 0.4) is 0 Å². The first-order chi connectivity index (χ1) is 12.7. The van der Waals surface area contributed by atoms with Gasteiger partial charge in [0.05, 0.1) is 0 Å². The van der Waals surface area contributed by atoms with Crippen molar-refractivity contribution in [3.8, 4) is 6.07 Å². The molecule has 3 aromatic rings. The summed E-state index contributed by atoms with van der Waals surface area (Å²) in [5, 5.41) is 25.3. The van der Waals surface area contributed by atoms with E-state index in [0.29, 0.717) is 5.56 Å². The van der Waals surface area contributed by atoms with Gasteiger partial charge in [-0.15, -0.1) is 10.2 Å². The summed E-state index contributed by atoms with van der Waals surface area (Å²) in [6.45, 7) is 0. The van der Waals surface area contributed by atoms with Gasteiger partial charge < -0.3 is 10.2 Å². The molecule has 0 radical (unpaired) electrons. The molecule has 8 heteroatoms. The van der Waals surface area contributed by atoms with Gasteiger partial charge in [0, 0.05) is 30.2 Å². The first-order valence-corrected chi connectivity index (χ1v) is 7.73. The van der Waals surface area contributed by atoms with E-state index in [1.165, 1.54) is 6.20 Å². The fourth-order valence-corrected chi connectivity index (χ4v) is 2.25. The molecule has 0 spiro atoms. The lowest BCUT2D eigenvalue weighted by Gasteiger charge is -2.17. The van der Waals surface area contributed by atoms with E-state index in [1.807, 2.05) is 36.4 Å². The van der Waals surface area contributed by atoms with Crippen LogP contribution in [-0.4, -0.2) is 33.6 Å². The highest BCUT2D eigenvalue weighted by Crippen LogP contribution is 2.17. The predicted octanol–water partition coefficient (Wildman–Crippen LogP) is 2.45. The van der Waals surface area contributed by atoms with Crippen molar-refractivity contribution in [1.82, 2.24) is 20.6 Å². The highest BCUT2D eigenvalue weighted by atomic mass is 16.2. The number of hydrogen-bond acceptors (Lipinski definition) is 6. The predicted molar refractivity (Wildman–Crippen MR) is 97.0 cm³/mol. The van der Waals surface area contributed by atoms with E-state index in [-0.39, 0.29) is 17.3 Å². The minimum atomic E-state index is -0.109. The molecule has 0 bridgehead atoms. The second kappa shape index (κ2) is 7.72. The van der Waals surface area contributed by atoms with Gasteiger partial charge >= 0.3 is 0 Å². The van der Waals surface area contributed by atoms with Crippen LogP contribution < -0.4 is 10.2 Å². The number of aromatic amines is 1. The van der Waals surface area contributed by atoms with Gasteiger partial charge in [0.25, 0.3) is 5.91 Å². The molecule has 8 nitrogen and oxygen atoms in total.